The molecule has 2 rings (SSSR count). The number of hydrogen-bond acceptors (Lipinski definition) is 3. The molecule has 7 heteroatoms. The number of aliphatic imine (C=N–C) groups is 1. The van der Waals surface area contributed by atoms with Crippen LogP contribution < -0.4 is 5.32 Å². The van der Waals surface area contributed by atoms with Crippen LogP contribution in [0.25, 0.3) is 0 Å². The van der Waals surface area contributed by atoms with Gasteiger partial charge in [0.25, 0.3) is 0 Å². The summed E-state index contributed by atoms with van der Waals surface area (Å²) in [5, 5.41) is 4.35. The molecular weight excluding hydrogens is 426 g/mol. The maximum Gasteiger partial charge on any atom is 0.194 e. The first-order chi connectivity index (χ1) is 10.6. The Kier molecular flexibility index (Phi) is 8.46. The van der Waals surface area contributed by atoms with E-state index in [4.69, 9.17) is 0 Å². The zero-order chi connectivity index (χ0) is 15.9. The lowest BCUT2D eigenvalue weighted by Gasteiger charge is -2.21. The summed E-state index contributed by atoms with van der Waals surface area (Å²) in [6.45, 7) is 3.45. The summed E-state index contributed by atoms with van der Waals surface area (Å²) < 4.78 is 12.9. The van der Waals surface area contributed by atoms with Gasteiger partial charge >= 0.3 is 0 Å². The van der Waals surface area contributed by atoms with E-state index < -0.39 is 0 Å². The third kappa shape index (κ3) is 6.06. The van der Waals surface area contributed by atoms with Gasteiger partial charge in [-0.3, -0.25) is 4.99 Å². The lowest BCUT2D eigenvalue weighted by Crippen LogP contribution is -2.38. The Morgan fingerprint density at radius 2 is 2.04 bits per heavy atom. The highest BCUT2D eigenvalue weighted by molar-refractivity contribution is 14.0. The number of rotatable bonds is 5. The monoisotopic (exact) mass is 448 g/mol. The molecule has 0 aliphatic carbocycles. The maximum absolute atomic E-state index is 12.9. The Morgan fingerprint density at radius 3 is 2.61 bits per heavy atom. The van der Waals surface area contributed by atoms with Crippen molar-refractivity contribution < 1.29 is 4.39 Å². The van der Waals surface area contributed by atoms with Gasteiger partial charge < -0.3 is 10.2 Å². The number of nitrogens with zero attached hydrogens (tertiary/aromatic N) is 3. The summed E-state index contributed by atoms with van der Waals surface area (Å²) in [6.07, 6.45) is 2.93. The maximum atomic E-state index is 12.9. The lowest BCUT2D eigenvalue weighted by atomic mass is 10.2. The number of nitrogens with one attached hydrogen (secondary N) is 1. The van der Waals surface area contributed by atoms with Crippen LogP contribution in [0.2, 0.25) is 0 Å². The number of benzene rings is 1. The minimum Gasteiger partial charge on any atom is -0.350 e. The predicted octanol–water partition coefficient (Wildman–Crippen LogP) is 3.67. The van der Waals surface area contributed by atoms with Crippen molar-refractivity contribution >= 4 is 41.3 Å². The fraction of sp³-hybridized carbons (Fsp3) is 0.375. The third-order valence-corrected chi connectivity index (χ3v) is 4.40. The Morgan fingerprint density at radius 1 is 1.35 bits per heavy atom. The number of aromatic nitrogens is 1. The standard InChI is InChI=1S/C16H21FN4S.HI/c1-4-14-9-19-15(22-14)10-20-16(18-2)21(3)11-12-5-7-13(17)8-6-12;/h5-9H,4,10-11H2,1-3H3,(H,18,20);1H. The van der Waals surface area contributed by atoms with E-state index in [0.717, 1.165) is 23.0 Å². The Bertz CT molecular complexity index is 627. The average molecular weight is 448 g/mol. The smallest absolute Gasteiger partial charge is 0.194 e. The summed E-state index contributed by atoms with van der Waals surface area (Å²) in [5.41, 5.74) is 1.04. The van der Waals surface area contributed by atoms with Crippen LogP contribution in [0.4, 0.5) is 4.39 Å². The number of thiazole rings is 1. The second kappa shape index (κ2) is 9.82. The largest absolute Gasteiger partial charge is 0.350 e. The molecule has 2 aromatic rings. The molecule has 0 amide bonds. The first-order valence-electron chi connectivity index (χ1n) is 7.22. The molecule has 0 saturated carbocycles. The molecule has 0 unspecified atom stereocenters. The first kappa shape index (κ1) is 19.8. The third-order valence-electron chi connectivity index (χ3n) is 3.25. The number of aryl methyl sites for hydroxylation is 1. The van der Waals surface area contributed by atoms with Crippen molar-refractivity contribution in [2.45, 2.75) is 26.4 Å². The lowest BCUT2D eigenvalue weighted by molar-refractivity contribution is 0.476. The van der Waals surface area contributed by atoms with Gasteiger partial charge in [-0.15, -0.1) is 35.3 Å². The summed E-state index contributed by atoms with van der Waals surface area (Å²) in [5.74, 6) is 0.571. The number of guanidine groups is 1. The van der Waals surface area contributed by atoms with Gasteiger partial charge in [-0.05, 0) is 24.1 Å². The molecule has 23 heavy (non-hydrogen) atoms. The predicted molar refractivity (Wildman–Crippen MR) is 105 cm³/mol. The fourth-order valence-corrected chi connectivity index (χ4v) is 2.87. The molecule has 1 aromatic heterocycles. The van der Waals surface area contributed by atoms with E-state index in [2.05, 4.69) is 22.2 Å². The summed E-state index contributed by atoms with van der Waals surface area (Å²) in [7, 11) is 3.71. The highest BCUT2D eigenvalue weighted by Crippen LogP contribution is 2.13. The molecular formula is C16H22FIN4S. The quantitative estimate of drug-likeness (QED) is 0.431. The Hall–Kier alpha value is -1.22. The topological polar surface area (TPSA) is 40.5 Å². The van der Waals surface area contributed by atoms with Gasteiger partial charge in [-0.2, -0.15) is 0 Å². The number of hydrogen-bond donors (Lipinski definition) is 1. The second-order valence-electron chi connectivity index (χ2n) is 4.96. The van der Waals surface area contributed by atoms with Crippen molar-refractivity contribution in [3.8, 4) is 0 Å². The van der Waals surface area contributed by atoms with Crippen LogP contribution in [0.15, 0.2) is 35.5 Å². The van der Waals surface area contributed by atoms with E-state index in [1.165, 1.54) is 17.0 Å². The van der Waals surface area contributed by atoms with Crippen molar-refractivity contribution in [3.63, 3.8) is 0 Å². The van der Waals surface area contributed by atoms with Crippen molar-refractivity contribution in [2.75, 3.05) is 14.1 Å². The van der Waals surface area contributed by atoms with Crippen LogP contribution in [0.3, 0.4) is 0 Å². The van der Waals surface area contributed by atoms with Crippen LogP contribution in [-0.2, 0) is 19.5 Å². The molecule has 0 aliphatic heterocycles. The molecule has 0 bridgehead atoms. The number of halogens is 2. The molecule has 0 atom stereocenters. The van der Waals surface area contributed by atoms with Gasteiger partial charge in [0.15, 0.2) is 5.96 Å². The molecule has 126 valence electrons. The molecule has 0 fully saturated rings. The first-order valence-corrected chi connectivity index (χ1v) is 8.03. The molecule has 0 spiro atoms. The van der Waals surface area contributed by atoms with E-state index in [1.807, 2.05) is 18.1 Å². The normalized spacial score (nSPS) is 11.0. The zero-order valence-corrected chi connectivity index (χ0v) is 16.7. The summed E-state index contributed by atoms with van der Waals surface area (Å²) in [4.78, 5) is 12.0. The second-order valence-corrected chi connectivity index (χ2v) is 6.16. The van der Waals surface area contributed by atoms with Gasteiger partial charge in [0.05, 0.1) is 6.54 Å². The van der Waals surface area contributed by atoms with Gasteiger partial charge in [0.1, 0.15) is 10.8 Å². The molecule has 1 N–H and O–H groups in total. The Labute approximate surface area is 157 Å². The van der Waals surface area contributed by atoms with E-state index in [9.17, 15) is 4.39 Å². The summed E-state index contributed by atoms with van der Waals surface area (Å²) >= 11 is 1.71. The Balaban J connectivity index is 0.00000264. The zero-order valence-electron chi connectivity index (χ0n) is 13.5. The van der Waals surface area contributed by atoms with E-state index in [1.54, 1.807) is 30.5 Å². The van der Waals surface area contributed by atoms with Gasteiger partial charge in [0.2, 0.25) is 0 Å². The molecule has 0 radical (unpaired) electrons. The van der Waals surface area contributed by atoms with Crippen molar-refractivity contribution in [3.05, 3.63) is 51.7 Å². The van der Waals surface area contributed by atoms with Crippen LogP contribution >= 0.6 is 35.3 Å². The van der Waals surface area contributed by atoms with Gasteiger partial charge in [-0.1, -0.05) is 19.1 Å². The minimum atomic E-state index is -0.218. The SMILES string of the molecule is CCc1cnc(CNC(=NC)N(C)Cc2ccc(F)cc2)s1.I. The average Bonchev–Trinajstić information content (AvgIpc) is 2.98. The van der Waals surface area contributed by atoms with Crippen LogP contribution in [0.1, 0.15) is 22.4 Å². The van der Waals surface area contributed by atoms with Crippen molar-refractivity contribution in [1.82, 2.24) is 15.2 Å². The molecule has 1 heterocycles. The van der Waals surface area contributed by atoms with Gasteiger partial charge in [0, 0.05) is 31.7 Å². The van der Waals surface area contributed by atoms with E-state index in [-0.39, 0.29) is 29.8 Å². The van der Waals surface area contributed by atoms with Crippen molar-refractivity contribution in [2.24, 2.45) is 4.99 Å². The highest BCUT2D eigenvalue weighted by Gasteiger charge is 2.08. The molecule has 1 aromatic carbocycles. The highest BCUT2D eigenvalue weighted by atomic mass is 127. The molecule has 0 aliphatic rings. The van der Waals surface area contributed by atoms with E-state index >= 15 is 0 Å². The fourth-order valence-electron chi connectivity index (χ4n) is 2.07. The van der Waals surface area contributed by atoms with Crippen molar-refractivity contribution in [1.29, 1.82) is 0 Å². The molecule has 4 nitrogen and oxygen atoms in total. The minimum absolute atomic E-state index is 0. The van der Waals surface area contributed by atoms with E-state index in [0.29, 0.717) is 13.1 Å². The van der Waals surface area contributed by atoms with Crippen LogP contribution in [0, 0.1) is 5.82 Å². The van der Waals surface area contributed by atoms with Crippen LogP contribution in [0.5, 0.6) is 0 Å². The molecule has 0 saturated heterocycles. The van der Waals surface area contributed by atoms with Gasteiger partial charge in [-0.25, -0.2) is 9.37 Å². The van der Waals surface area contributed by atoms with Crippen LogP contribution in [-0.4, -0.2) is 29.9 Å². The summed E-state index contributed by atoms with van der Waals surface area (Å²) in [6, 6.07) is 6.52.